The summed E-state index contributed by atoms with van der Waals surface area (Å²) in [7, 11) is 8.68. The van der Waals surface area contributed by atoms with Crippen LogP contribution < -0.4 is 16.4 Å². The molecule has 4 aromatic carbocycles. The summed E-state index contributed by atoms with van der Waals surface area (Å²) < 4.78 is 1.85. The molecule has 7 aromatic rings. The molecule has 530 valence electrons. The number of imidazole rings is 1. The first-order valence-electron chi connectivity index (χ1n) is 33.1. The second-order valence-electron chi connectivity index (χ2n) is 25.9. The third-order valence-electron chi connectivity index (χ3n) is 18.8. The van der Waals surface area contributed by atoms with Gasteiger partial charge in [0.05, 0.1) is 25.2 Å². The molecule has 9 amide bonds. The third-order valence-corrected chi connectivity index (χ3v) is 21.0. The van der Waals surface area contributed by atoms with E-state index in [1.807, 2.05) is 84.4 Å². The Balaban J connectivity index is 1.09. The highest BCUT2D eigenvalue weighted by Gasteiger charge is 2.44. The molecule has 1 fully saturated rings. The predicted molar refractivity (Wildman–Crippen MR) is 379 cm³/mol. The molecule has 5 heterocycles. The molecule has 3 aromatic heterocycles. The van der Waals surface area contributed by atoms with E-state index in [1.165, 1.54) is 110 Å². The average molecular weight is 1410 g/mol. The van der Waals surface area contributed by atoms with Gasteiger partial charge in [0.2, 0.25) is 53.2 Å². The fourth-order valence-corrected chi connectivity index (χ4v) is 15.1. The van der Waals surface area contributed by atoms with E-state index in [0.29, 0.717) is 46.1 Å². The fraction of sp³-hybridized carbons (Fsp3) is 0.417. The van der Waals surface area contributed by atoms with E-state index in [2.05, 4.69) is 25.6 Å². The van der Waals surface area contributed by atoms with Gasteiger partial charge < -0.3 is 70.5 Å². The van der Waals surface area contributed by atoms with Gasteiger partial charge in [-0.05, 0) is 71.8 Å². The molecule has 8 N–H and O–H groups in total. The molecule has 2 aliphatic rings. The lowest BCUT2D eigenvalue weighted by Crippen LogP contribution is -2.59. The lowest BCUT2D eigenvalue weighted by atomic mass is 9.90. The number of aryl methyl sites for hydroxylation is 1. The molecular weight excluding hydrogens is 1320 g/mol. The van der Waals surface area contributed by atoms with Gasteiger partial charge in [0.1, 0.15) is 48.0 Å². The summed E-state index contributed by atoms with van der Waals surface area (Å²) in [6.45, 7) is 1.08. The molecule has 2 aliphatic heterocycles. The number of rotatable bonds is 11. The van der Waals surface area contributed by atoms with E-state index >= 15 is 24.0 Å². The van der Waals surface area contributed by atoms with Crippen LogP contribution in [-0.4, -0.2) is 226 Å². The number of benzene rings is 4. The second-order valence-corrected chi connectivity index (χ2v) is 28.0. The van der Waals surface area contributed by atoms with Crippen molar-refractivity contribution in [2.24, 2.45) is 18.7 Å². The number of nitrogens with one attached hydrogen (secondary N) is 4. The van der Waals surface area contributed by atoms with Gasteiger partial charge in [-0.25, -0.2) is 4.98 Å². The minimum atomic E-state index is -1.77. The number of carbonyl (C=O) groups excluding carboxylic acids is 10. The van der Waals surface area contributed by atoms with Crippen molar-refractivity contribution in [2.45, 2.75) is 119 Å². The van der Waals surface area contributed by atoms with Gasteiger partial charge in [0.25, 0.3) is 0 Å². The Morgan fingerprint density at radius 3 is 2.00 bits per heavy atom. The summed E-state index contributed by atoms with van der Waals surface area (Å²) >= 11 is 2.87. The number of nitrogens with zero attached hydrogens (tertiary/aromatic N) is 8. The van der Waals surface area contributed by atoms with E-state index in [4.69, 9.17) is 5.73 Å². The number of nitrogens with two attached hydrogens (primary N) is 1. The van der Waals surface area contributed by atoms with Gasteiger partial charge in [0, 0.05) is 156 Å². The van der Waals surface area contributed by atoms with E-state index in [0.717, 1.165) is 42.7 Å². The van der Waals surface area contributed by atoms with Crippen LogP contribution in [0, 0.1) is 5.92 Å². The van der Waals surface area contributed by atoms with Crippen molar-refractivity contribution in [1.29, 1.82) is 0 Å². The zero-order valence-electron chi connectivity index (χ0n) is 57.1. The summed E-state index contributed by atoms with van der Waals surface area (Å²) in [5, 5.41) is 27.9. The first-order valence-corrected chi connectivity index (χ1v) is 35.4. The number of phenolic OH excluding ortho intramolecular Hbond substituents is 1. The molecule has 0 spiro atoms. The number of carboxylic acid groups (broad SMARTS) is 1. The molecule has 1 saturated heterocycles. The first-order chi connectivity index (χ1) is 47.8. The Kier molecular flexibility index (Phi) is 25.1. The highest BCUT2D eigenvalue weighted by Crippen LogP contribution is 2.30. The van der Waals surface area contributed by atoms with Crippen LogP contribution in [0.1, 0.15) is 72.5 Å². The number of amides is 9. The third kappa shape index (κ3) is 18.3. The molecule has 0 aliphatic carbocycles. The van der Waals surface area contributed by atoms with Crippen LogP contribution in [0.5, 0.6) is 5.75 Å². The minimum Gasteiger partial charge on any atom is -0.508 e. The number of hydrogen-bond donors (Lipinski definition) is 7. The normalized spacial score (nSPS) is 22.7. The van der Waals surface area contributed by atoms with Crippen molar-refractivity contribution in [3.8, 4) is 5.75 Å². The number of fused-ring (bicyclic) bond motifs is 5. The fourth-order valence-electron chi connectivity index (χ4n) is 13.2. The number of thioether (sulfide) groups is 2. The quantitative estimate of drug-likeness (QED) is 0.0954. The number of aromatic amines is 2. The number of carboxylic acids is 1. The van der Waals surface area contributed by atoms with Gasteiger partial charge in [-0.1, -0.05) is 72.8 Å². The summed E-state index contributed by atoms with van der Waals surface area (Å²) in [6.07, 6.45) is 4.75. The lowest BCUT2D eigenvalue weighted by Gasteiger charge is -2.38. The Labute approximate surface area is 588 Å². The van der Waals surface area contributed by atoms with Crippen molar-refractivity contribution in [2.75, 3.05) is 59.8 Å². The lowest BCUT2D eigenvalue weighted by molar-refractivity contribution is -0.153. The van der Waals surface area contributed by atoms with Crippen LogP contribution >= 0.6 is 23.5 Å². The van der Waals surface area contributed by atoms with Gasteiger partial charge in [-0.15, -0.1) is 0 Å². The number of ketones is 1. The molecule has 8 atom stereocenters. The Hall–Kier alpha value is -9.96. The number of likely N-dealkylation sites (N-methyl/N-ethyl adjacent to an activating group) is 5. The molecule has 28 heteroatoms. The number of H-pyrrole nitrogens is 2. The van der Waals surface area contributed by atoms with E-state index in [1.54, 1.807) is 24.5 Å². The van der Waals surface area contributed by atoms with Crippen molar-refractivity contribution < 1.29 is 63.0 Å². The number of phenols is 1. The minimum absolute atomic E-state index is 0.0645. The van der Waals surface area contributed by atoms with E-state index < -0.39 is 133 Å². The molecule has 100 heavy (non-hydrogen) atoms. The Morgan fingerprint density at radius 1 is 0.670 bits per heavy atom. The number of para-hydroxylation sites is 2. The van der Waals surface area contributed by atoms with Crippen LogP contribution in [0.15, 0.2) is 122 Å². The molecule has 26 nitrogen and oxygen atoms in total. The van der Waals surface area contributed by atoms with Gasteiger partial charge >= 0.3 is 5.97 Å². The number of primary amides is 1. The van der Waals surface area contributed by atoms with Gasteiger partial charge in [0.15, 0.2) is 5.78 Å². The zero-order valence-corrected chi connectivity index (χ0v) is 58.8. The summed E-state index contributed by atoms with van der Waals surface area (Å²) in [4.78, 5) is 178. The number of Topliss-reactive ketones (excluding diaryl/α,β-unsaturated/α-hetero) is 1. The number of carbonyl (C=O) groups is 11. The van der Waals surface area contributed by atoms with Crippen molar-refractivity contribution in [1.82, 2.24) is 59.6 Å². The van der Waals surface area contributed by atoms with Crippen LogP contribution in [0.4, 0.5) is 0 Å². The Morgan fingerprint density at radius 2 is 1.31 bits per heavy atom. The zero-order chi connectivity index (χ0) is 72.1. The maximum atomic E-state index is 15.9. The molecule has 0 unspecified atom stereocenters. The topological polar surface area (TPSA) is 347 Å². The van der Waals surface area contributed by atoms with Crippen LogP contribution in [0.3, 0.4) is 0 Å². The highest BCUT2D eigenvalue weighted by molar-refractivity contribution is 7.98. The van der Waals surface area contributed by atoms with Crippen LogP contribution in [0.2, 0.25) is 0 Å². The van der Waals surface area contributed by atoms with Crippen molar-refractivity contribution >= 4 is 110 Å². The standard InChI is InChI=1S/C72H87N13O13S2/c1-43-68(94)80(3)38-64(89)81(4)60(31-48-35-75-54-18-10-8-16-52(48)54)70(96)84(7)61(32-49-37-79(2)56-19-11-9-17-53(49)56)71(97)82(5)58(34-65(90)91)62(87)33-47(30-50-36-74-42-76-50)69(95)83(6)59(29-44-21-23-51(86)24-22-44)72(98)85-26-13-20-57(85)67(93)78-55(66(73)92)41-100-40-46-15-12-14-45(28-46)39-99-27-25-63(88)77-43/h8-12,14-19,21-24,28,35-37,42-43,47,55,57-61,75,86H,13,20,25-27,29-34,38-41H2,1-7H3,(H2,73,92)(H,74,76)(H,77,88)(H,78,93)(H,90,91)/t43-,47+,55-,57-,58-,59-,60-,61-/m0/s1. The van der Waals surface area contributed by atoms with E-state index in [-0.39, 0.29) is 56.6 Å². The van der Waals surface area contributed by atoms with Crippen LogP contribution in [-0.2, 0) is 97.0 Å². The maximum Gasteiger partial charge on any atom is 0.305 e. The largest absolute Gasteiger partial charge is 0.508 e. The monoisotopic (exact) mass is 1410 g/mol. The highest BCUT2D eigenvalue weighted by atomic mass is 32.2. The van der Waals surface area contributed by atoms with Crippen molar-refractivity contribution in [3.05, 3.63) is 155 Å². The maximum absolute atomic E-state index is 15.9. The average Bonchev–Trinajstić information content (AvgIpc) is 1.75. The smallest absolute Gasteiger partial charge is 0.305 e. The number of hydrogen-bond acceptors (Lipinski definition) is 15. The van der Waals surface area contributed by atoms with Crippen molar-refractivity contribution in [3.63, 3.8) is 0 Å². The molecule has 9 rings (SSSR count). The SMILES string of the molecule is C[C@@H]1NC(=O)CCSCc2cccc(c2)CSC[C@@H](C(N)=O)NC(=O)[C@@H]2CCCN2C(=O)[C@H](Cc2ccc(O)cc2)N(C)C(=O)[C@H](Cc2cnc[nH]2)CC(=O)[C@H](CC(=O)O)N(C)C(=O)[C@H](Cc2cn(C)c3ccccc23)N(C)C(=O)[C@H](Cc2c[nH]c3ccccc23)N(C)C(=O)CN(C)C1=O. The van der Waals surface area contributed by atoms with Gasteiger partial charge in [-0.3, -0.25) is 52.7 Å². The number of aromatic nitrogens is 4. The molecule has 2 bridgehead atoms. The predicted octanol–water partition coefficient (Wildman–Crippen LogP) is 4.21. The summed E-state index contributed by atoms with van der Waals surface area (Å²) in [5.41, 5.74) is 11.5. The number of aliphatic carboxylic acids is 1. The van der Waals surface area contributed by atoms with Crippen LogP contribution in [0.25, 0.3) is 21.8 Å². The van der Waals surface area contributed by atoms with E-state index in [9.17, 15) is 39.0 Å². The molecule has 0 saturated carbocycles. The first kappa shape index (κ1) is 74.3. The van der Waals surface area contributed by atoms with Gasteiger partial charge in [-0.2, -0.15) is 23.5 Å². The summed E-state index contributed by atoms with van der Waals surface area (Å²) in [5.74, 6) is -8.33. The summed E-state index contributed by atoms with van der Waals surface area (Å²) in [6, 6.07) is 19.2. The number of aromatic hydroxyl groups is 1. The molecule has 0 radical (unpaired) electrons. The Bertz CT molecular complexity index is 4140. The second kappa shape index (κ2) is 33.7. The molecular formula is C72H87N13O13S2.